The molecule has 0 bridgehead atoms. The van der Waals surface area contributed by atoms with Crippen LogP contribution in [-0.4, -0.2) is 22.6 Å². The van der Waals surface area contributed by atoms with Gasteiger partial charge in [-0.05, 0) is 43.7 Å². The minimum absolute atomic E-state index is 0.0594. The summed E-state index contributed by atoms with van der Waals surface area (Å²) in [5, 5.41) is 0.664. The van der Waals surface area contributed by atoms with Crippen molar-refractivity contribution in [2.75, 3.05) is 7.11 Å². The maximum atomic E-state index is 11.6. The number of hydrogen-bond donors (Lipinski definition) is 0. The number of carbonyl (C=O) groups excluding carboxylic acids is 1. The molecule has 1 aliphatic rings. The van der Waals surface area contributed by atoms with Crippen LogP contribution in [0.15, 0.2) is 24.5 Å². The topological polar surface area (TPSA) is 44.1 Å². The predicted molar refractivity (Wildman–Crippen MR) is 82.2 cm³/mol. The van der Waals surface area contributed by atoms with Crippen molar-refractivity contribution in [3.8, 4) is 0 Å². The van der Waals surface area contributed by atoms with Gasteiger partial charge in [-0.1, -0.05) is 11.6 Å². The third kappa shape index (κ3) is 3.05. The van der Waals surface area contributed by atoms with Gasteiger partial charge in [-0.25, -0.2) is 0 Å². The zero-order valence-electron chi connectivity index (χ0n) is 12.1. The minimum atomic E-state index is -0.0594. The van der Waals surface area contributed by atoms with Gasteiger partial charge in [-0.2, -0.15) is 0 Å². The molecule has 2 aromatic heterocycles. The van der Waals surface area contributed by atoms with Crippen LogP contribution in [0.25, 0.3) is 11.0 Å². The number of pyridine rings is 1. The predicted octanol–water partition coefficient (Wildman–Crippen LogP) is 3.67. The van der Waals surface area contributed by atoms with Crippen LogP contribution in [0.5, 0.6) is 0 Å². The summed E-state index contributed by atoms with van der Waals surface area (Å²) < 4.78 is 7.05. The average molecular weight is 307 g/mol. The van der Waals surface area contributed by atoms with Gasteiger partial charge in [0, 0.05) is 18.9 Å². The van der Waals surface area contributed by atoms with Gasteiger partial charge >= 0.3 is 5.97 Å². The number of halogens is 1. The molecule has 2 heterocycles. The lowest BCUT2D eigenvalue weighted by Gasteiger charge is -2.27. The highest BCUT2D eigenvalue weighted by Gasteiger charge is 2.27. The Morgan fingerprint density at radius 3 is 2.90 bits per heavy atom. The van der Waals surface area contributed by atoms with Crippen molar-refractivity contribution in [2.45, 2.75) is 32.2 Å². The SMILES string of the molecule is COC(=O)[C@H]1CC[C@H](Cn2ccc3ncc(Cl)cc32)CC1. The molecule has 1 aliphatic carbocycles. The molecule has 0 saturated heterocycles. The van der Waals surface area contributed by atoms with Crippen LogP contribution in [0.1, 0.15) is 25.7 Å². The van der Waals surface area contributed by atoms with E-state index in [9.17, 15) is 4.79 Å². The molecular formula is C16H19ClN2O2. The summed E-state index contributed by atoms with van der Waals surface area (Å²) in [6.45, 7) is 0.958. The van der Waals surface area contributed by atoms with Gasteiger partial charge in [-0.3, -0.25) is 9.78 Å². The first kappa shape index (κ1) is 14.4. The number of ether oxygens (including phenoxy) is 1. The van der Waals surface area contributed by atoms with Crippen LogP contribution in [0.2, 0.25) is 5.02 Å². The Balaban J connectivity index is 1.67. The molecule has 1 fully saturated rings. The zero-order chi connectivity index (χ0) is 14.8. The lowest BCUT2D eigenvalue weighted by Crippen LogP contribution is -2.24. The monoisotopic (exact) mass is 306 g/mol. The summed E-state index contributed by atoms with van der Waals surface area (Å²) in [4.78, 5) is 15.9. The molecule has 0 amide bonds. The van der Waals surface area contributed by atoms with E-state index in [2.05, 4.69) is 15.7 Å². The van der Waals surface area contributed by atoms with Crippen molar-refractivity contribution >= 4 is 28.6 Å². The summed E-state index contributed by atoms with van der Waals surface area (Å²) in [6.07, 6.45) is 7.72. The highest BCUT2D eigenvalue weighted by atomic mass is 35.5. The van der Waals surface area contributed by atoms with Crippen LogP contribution < -0.4 is 0 Å². The molecule has 3 rings (SSSR count). The van der Waals surface area contributed by atoms with Gasteiger partial charge in [-0.15, -0.1) is 0 Å². The largest absolute Gasteiger partial charge is 0.469 e. The Morgan fingerprint density at radius 2 is 2.19 bits per heavy atom. The number of hydrogen-bond acceptors (Lipinski definition) is 3. The van der Waals surface area contributed by atoms with E-state index in [1.54, 1.807) is 6.20 Å². The van der Waals surface area contributed by atoms with Crippen molar-refractivity contribution in [3.63, 3.8) is 0 Å². The van der Waals surface area contributed by atoms with Gasteiger partial charge in [0.1, 0.15) is 0 Å². The van der Waals surface area contributed by atoms with E-state index >= 15 is 0 Å². The van der Waals surface area contributed by atoms with Gasteiger partial charge in [0.15, 0.2) is 0 Å². The normalized spacial score (nSPS) is 22.4. The first-order valence-electron chi connectivity index (χ1n) is 7.35. The molecule has 112 valence electrons. The Hall–Kier alpha value is -1.55. The highest BCUT2D eigenvalue weighted by Crippen LogP contribution is 2.31. The fraction of sp³-hybridized carbons (Fsp3) is 0.500. The molecule has 2 aromatic rings. The van der Waals surface area contributed by atoms with Crippen LogP contribution in [0.4, 0.5) is 0 Å². The molecular weight excluding hydrogens is 288 g/mol. The summed E-state index contributed by atoms with van der Waals surface area (Å²) >= 11 is 6.03. The standard InChI is InChI=1S/C16H19ClN2O2/c1-21-16(20)12-4-2-11(3-5-12)10-19-7-6-14-15(19)8-13(17)9-18-14/h6-9,11-12H,2-5,10H2,1H3/t11-,12-. The maximum absolute atomic E-state index is 11.6. The molecule has 1 saturated carbocycles. The lowest BCUT2D eigenvalue weighted by atomic mass is 9.82. The second-order valence-corrected chi connectivity index (χ2v) is 6.20. The van der Waals surface area contributed by atoms with Crippen molar-refractivity contribution in [1.29, 1.82) is 0 Å². The molecule has 0 unspecified atom stereocenters. The summed E-state index contributed by atoms with van der Waals surface area (Å²) in [6, 6.07) is 3.98. The molecule has 4 nitrogen and oxygen atoms in total. The Labute approximate surface area is 129 Å². The Morgan fingerprint density at radius 1 is 1.43 bits per heavy atom. The third-order valence-electron chi connectivity index (χ3n) is 4.42. The quantitative estimate of drug-likeness (QED) is 0.813. The second-order valence-electron chi connectivity index (χ2n) is 5.77. The van der Waals surface area contributed by atoms with E-state index in [1.807, 2.05) is 12.1 Å². The molecule has 0 atom stereocenters. The van der Waals surface area contributed by atoms with E-state index in [-0.39, 0.29) is 11.9 Å². The molecule has 0 aliphatic heterocycles. The number of rotatable bonds is 3. The van der Waals surface area contributed by atoms with Crippen molar-refractivity contribution in [2.24, 2.45) is 11.8 Å². The van der Waals surface area contributed by atoms with E-state index < -0.39 is 0 Å². The fourth-order valence-electron chi connectivity index (χ4n) is 3.22. The first-order valence-corrected chi connectivity index (χ1v) is 7.73. The molecule has 0 aromatic carbocycles. The van der Waals surface area contributed by atoms with Gasteiger partial charge < -0.3 is 9.30 Å². The second kappa shape index (κ2) is 6.06. The van der Waals surface area contributed by atoms with Crippen LogP contribution in [-0.2, 0) is 16.1 Å². The van der Waals surface area contributed by atoms with Gasteiger partial charge in [0.2, 0.25) is 0 Å². The summed E-state index contributed by atoms with van der Waals surface area (Å²) in [5.74, 6) is 0.625. The number of fused-ring (bicyclic) bond motifs is 1. The van der Waals surface area contributed by atoms with E-state index in [1.165, 1.54) is 7.11 Å². The molecule has 0 N–H and O–H groups in total. The van der Waals surface area contributed by atoms with E-state index in [4.69, 9.17) is 16.3 Å². The molecule has 0 radical (unpaired) electrons. The van der Waals surface area contributed by atoms with Crippen molar-refractivity contribution in [1.82, 2.24) is 9.55 Å². The number of esters is 1. The average Bonchev–Trinajstić information content (AvgIpc) is 2.89. The van der Waals surface area contributed by atoms with Crippen LogP contribution in [0.3, 0.4) is 0 Å². The van der Waals surface area contributed by atoms with Gasteiger partial charge in [0.25, 0.3) is 0 Å². The van der Waals surface area contributed by atoms with Crippen molar-refractivity contribution < 1.29 is 9.53 Å². The molecule has 21 heavy (non-hydrogen) atoms. The number of nitrogens with zero attached hydrogens (tertiary/aromatic N) is 2. The Kier molecular flexibility index (Phi) is 4.15. The van der Waals surface area contributed by atoms with E-state index in [0.717, 1.165) is 43.3 Å². The smallest absolute Gasteiger partial charge is 0.308 e. The van der Waals surface area contributed by atoms with E-state index in [0.29, 0.717) is 10.9 Å². The number of methoxy groups -OCH3 is 1. The van der Waals surface area contributed by atoms with Gasteiger partial charge in [0.05, 0.1) is 29.1 Å². The first-order chi connectivity index (χ1) is 10.2. The number of aromatic nitrogens is 2. The fourth-order valence-corrected chi connectivity index (χ4v) is 3.38. The lowest BCUT2D eigenvalue weighted by molar-refractivity contribution is -0.146. The maximum Gasteiger partial charge on any atom is 0.308 e. The van der Waals surface area contributed by atoms with Crippen LogP contribution >= 0.6 is 11.6 Å². The number of carbonyl (C=O) groups is 1. The molecule has 0 spiro atoms. The summed E-state index contributed by atoms with van der Waals surface area (Å²) in [5.41, 5.74) is 2.06. The minimum Gasteiger partial charge on any atom is -0.469 e. The highest BCUT2D eigenvalue weighted by molar-refractivity contribution is 6.31. The zero-order valence-corrected chi connectivity index (χ0v) is 12.8. The van der Waals surface area contributed by atoms with Crippen LogP contribution in [0, 0.1) is 11.8 Å². The van der Waals surface area contributed by atoms with Crippen molar-refractivity contribution in [3.05, 3.63) is 29.5 Å². The Bertz CT molecular complexity index is 645. The summed E-state index contributed by atoms with van der Waals surface area (Å²) in [7, 11) is 1.47. The molecule has 5 heteroatoms. The third-order valence-corrected chi connectivity index (χ3v) is 4.63.